The molecule has 1 aromatic carbocycles. The number of nitriles is 1. The molecule has 1 N–H and O–H groups in total. The number of rotatable bonds is 5. The fraction of sp³-hybridized carbons (Fsp3) is 0.348. The minimum Gasteiger partial charge on any atom is -0.460 e. The normalized spacial score (nSPS) is 16.6. The molecule has 0 saturated carbocycles. The molecule has 1 saturated heterocycles. The summed E-state index contributed by atoms with van der Waals surface area (Å²) in [5.41, 5.74) is 2.71. The van der Waals surface area contributed by atoms with Gasteiger partial charge in [-0.25, -0.2) is 4.98 Å². The third-order valence-corrected chi connectivity index (χ3v) is 5.51. The first-order valence-electron chi connectivity index (χ1n) is 10.1. The van der Waals surface area contributed by atoms with Crippen molar-refractivity contribution in [1.82, 2.24) is 9.88 Å². The number of benzene rings is 1. The van der Waals surface area contributed by atoms with Crippen molar-refractivity contribution in [3.63, 3.8) is 0 Å². The molecule has 0 aliphatic carbocycles. The Bertz CT molecular complexity index is 1050. The number of likely N-dealkylation sites (tertiary alicyclic amines) is 1. The number of furan rings is 1. The number of carbonyl (C=O) groups is 1. The fourth-order valence-electron chi connectivity index (χ4n) is 4.00. The van der Waals surface area contributed by atoms with Crippen LogP contribution in [-0.2, 0) is 6.42 Å². The third kappa shape index (κ3) is 3.81. The predicted octanol–water partition coefficient (Wildman–Crippen LogP) is 4.37. The number of nitrogens with zero attached hydrogens (tertiary/aromatic N) is 3. The van der Waals surface area contributed by atoms with Crippen LogP contribution in [0.5, 0.6) is 0 Å². The van der Waals surface area contributed by atoms with Gasteiger partial charge in [-0.15, -0.1) is 0 Å². The summed E-state index contributed by atoms with van der Waals surface area (Å²) in [6, 6.07) is 13.4. The van der Waals surface area contributed by atoms with E-state index in [1.54, 1.807) is 12.3 Å². The molecule has 1 fully saturated rings. The molecule has 2 aromatic heterocycles. The summed E-state index contributed by atoms with van der Waals surface area (Å²) in [5, 5.41) is 13.1. The standard InChI is InChI=1S/C23H24N4O2/c1-2-20-22(19-8-3-4-9-21(19)29-20)23(28)27-12-6-5-7-18(27)15-26-17-11-10-16(13-24)25-14-17/h3-4,8-11,14,18,26H,2,5-7,12,15H2,1H3. The van der Waals surface area contributed by atoms with Gasteiger partial charge in [-0.3, -0.25) is 4.79 Å². The molecule has 3 aromatic rings. The van der Waals surface area contributed by atoms with E-state index in [2.05, 4.69) is 10.3 Å². The minimum atomic E-state index is 0.0521. The second-order valence-corrected chi connectivity index (χ2v) is 7.32. The van der Waals surface area contributed by atoms with Crippen LogP contribution in [0.3, 0.4) is 0 Å². The topological polar surface area (TPSA) is 82.2 Å². The van der Waals surface area contributed by atoms with Crippen molar-refractivity contribution in [2.24, 2.45) is 0 Å². The van der Waals surface area contributed by atoms with Crippen LogP contribution in [-0.4, -0.2) is 34.9 Å². The highest BCUT2D eigenvalue weighted by atomic mass is 16.3. The second-order valence-electron chi connectivity index (χ2n) is 7.32. The number of aromatic nitrogens is 1. The number of aryl methyl sites for hydroxylation is 1. The Kier molecular flexibility index (Phi) is 5.48. The van der Waals surface area contributed by atoms with E-state index in [0.29, 0.717) is 24.2 Å². The number of nitrogens with one attached hydrogen (secondary N) is 1. The van der Waals surface area contributed by atoms with E-state index in [9.17, 15) is 4.79 Å². The smallest absolute Gasteiger partial charge is 0.258 e. The maximum atomic E-state index is 13.5. The second kappa shape index (κ2) is 8.36. The van der Waals surface area contributed by atoms with Gasteiger partial charge < -0.3 is 14.6 Å². The zero-order valence-corrected chi connectivity index (χ0v) is 16.5. The van der Waals surface area contributed by atoms with Crippen LogP contribution in [0.4, 0.5) is 5.69 Å². The van der Waals surface area contributed by atoms with Crippen LogP contribution >= 0.6 is 0 Å². The number of piperidine rings is 1. The Morgan fingerprint density at radius 3 is 2.93 bits per heavy atom. The lowest BCUT2D eigenvalue weighted by Gasteiger charge is -2.36. The lowest BCUT2D eigenvalue weighted by molar-refractivity contribution is 0.0628. The number of para-hydroxylation sites is 1. The van der Waals surface area contributed by atoms with E-state index in [-0.39, 0.29) is 11.9 Å². The van der Waals surface area contributed by atoms with E-state index >= 15 is 0 Å². The molecule has 3 heterocycles. The molecule has 1 atom stereocenters. The average molecular weight is 388 g/mol. The molecule has 0 spiro atoms. The lowest BCUT2D eigenvalue weighted by Crippen LogP contribution is -2.47. The molecule has 1 aliphatic heterocycles. The zero-order valence-electron chi connectivity index (χ0n) is 16.5. The number of amides is 1. The quantitative estimate of drug-likeness (QED) is 0.702. The number of hydrogen-bond acceptors (Lipinski definition) is 5. The summed E-state index contributed by atoms with van der Waals surface area (Å²) in [7, 11) is 0. The maximum absolute atomic E-state index is 13.5. The average Bonchev–Trinajstić information content (AvgIpc) is 3.16. The Labute approximate surface area is 170 Å². The van der Waals surface area contributed by atoms with Gasteiger partial charge in [-0.05, 0) is 37.5 Å². The van der Waals surface area contributed by atoms with E-state index in [1.165, 1.54) is 0 Å². The highest BCUT2D eigenvalue weighted by molar-refractivity contribution is 6.07. The van der Waals surface area contributed by atoms with Gasteiger partial charge in [-0.2, -0.15) is 5.26 Å². The fourth-order valence-corrected chi connectivity index (χ4v) is 4.00. The van der Waals surface area contributed by atoms with E-state index < -0.39 is 0 Å². The number of pyridine rings is 1. The molecule has 0 bridgehead atoms. The highest BCUT2D eigenvalue weighted by Crippen LogP contribution is 2.30. The summed E-state index contributed by atoms with van der Waals surface area (Å²) in [6.07, 6.45) is 5.42. The van der Waals surface area contributed by atoms with Crippen molar-refractivity contribution >= 4 is 22.6 Å². The summed E-state index contributed by atoms with van der Waals surface area (Å²) in [5.74, 6) is 0.807. The first kappa shape index (κ1) is 19.0. The molecule has 4 rings (SSSR count). The van der Waals surface area contributed by atoms with Gasteiger partial charge in [0, 0.05) is 30.9 Å². The molecule has 1 aliphatic rings. The van der Waals surface area contributed by atoms with Crippen molar-refractivity contribution in [2.45, 2.75) is 38.6 Å². The molecule has 6 heteroatoms. The van der Waals surface area contributed by atoms with Gasteiger partial charge in [0.2, 0.25) is 0 Å². The zero-order chi connectivity index (χ0) is 20.2. The minimum absolute atomic E-state index is 0.0521. The van der Waals surface area contributed by atoms with Gasteiger partial charge in [-0.1, -0.05) is 25.1 Å². The molecule has 148 valence electrons. The van der Waals surface area contributed by atoms with Crippen LogP contribution in [0.2, 0.25) is 0 Å². The SMILES string of the molecule is CCc1oc2ccccc2c1C(=O)N1CCCCC1CNc1ccc(C#N)nc1. The van der Waals surface area contributed by atoms with Crippen molar-refractivity contribution < 1.29 is 9.21 Å². The number of carbonyl (C=O) groups excluding carboxylic acids is 1. The molecular weight excluding hydrogens is 364 g/mol. The van der Waals surface area contributed by atoms with Crippen molar-refractivity contribution in [3.05, 3.63) is 59.6 Å². The summed E-state index contributed by atoms with van der Waals surface area (Å²) < 4.78 is 5.95. The van der Waals surface area contributed by atoms with Gasteiger partial charge in [0.25, 0.3) is 5.91 Å². The first-order chi connectivity index (χ1) is 14.2. The van der Waals surface area contributed by atoms with E-state index in [0.717, 1.165) is 48.2 Å². The Morgan fingerprint density at radius 2 is 2.17 bits per heavy atom. The van der Waals surface area contributed by atoms with Crippen molar-refractivity contribution in [3.8, 4) is 6.07 Å². The summed E-state index contributed by atoms with van der Waals surface area (Å²) >= 11 is 0. The van der Waals surface area contributed by atoms with E-state index in [1.807, 2.05) is 48.2 Å². The van der Waals surface area contributed by atoms with Crippen LogP contribution in [0.25, 0.3) is 11.0 Å². The first-order valence-corrected chi connectivity index (χ1v) is 10.1. The van der Waals surface area contributed by atoms with Gasteiger partial charge in [0.1, 0.15) is 23.1 Å². The van der Waals surface area contributed by atoms with Gasteiger partial charge >= 0.3 is 0 Å². The lowest BCUT2D eigenvalue weighted by atomic mass is 9.99. The largest absolute Gasteiger partial charge is 0.460 e. The van der Waals surface area contributed by atoms with Crippen LogP contribution in [0, 0.1) is 11.3 Å². The summed E-state index contributed by atoms with van der Waals surface area (Å²) in [4.78, 5) is 19.6. The summed E-state index contributed by atoms with van der Waals surface area (Å²) in [6.45, 7) is 3.41. The monoisotopic (exact) mass is 388 g/mol. The number of anilines is 1. The molecule has 6 nitrogen and oxygen atoms in total. The predicted molar refractivity (Wildman–Crippen MR) is 112 cm³/mol. The van der Waals surface area contributed by atoms with Gasteiger partial charge in [0.05, 0.1) is 17.4 Å². The molecule has 1 unspecified atom stereocenters. The Hall–Kier alpha value is -3.33. The van der Waals surface area contributed by atoms with Crippen molar-refractivity contribution in [1.29, 1.82) is 5.26 Å². The number of fused-ring (bicyclic) bond motifs is 1. The Morgan fingerprint density at radius 1 is 1.31 bits per heavy atom. The molecule has 1 amide bonds. The highest BCUT2D eigenvalue weighted by Gasteiger charge is 2.31. The van der Waals surface area contributed by atoms with E-state index in [4.69, 9.17) is 9.68 Å². The van der Waals surface area contributed by atoms with Gasteiger partial charge in [0.15, 0.2) is 0 Å². The number of hydrogen-bond donors (Lipinski definition) is 1. The molecule has 0 radical (unpaired) electrons. The molecule has 29 heavy (non-hydrogen) atoms. The van der Waals surface area contributed by atoms with Crippen LogP contribution in [0.15, 0.2) is 47.0 Å². The van der Waals surface area contributed by atoms with Crippen molar-refractivity contribution in [2.75, 3.05) is 18.4 Å². The molecular formula is C23H24N4O2. The third-order valence-electron chi connectivity index (χ3n) is 5.51. The maximum Gasteiger partial charge on any atom is 0.258 e. The Balaban J connectivity index is 1.55. The van der Waals surface area contributed by atoms with Crippen LogP contribution < -0.4 is 5.32 Å². The van der Waals surface area contributed by atoms with Crippen LogP contribution in [0.1, 0.15) is 48.0 Å².